The zero-order valence-corrected chi connectivity index (χ0v) is 23.1. The zero-order chi connectivity index (χ0) is 27.4. The van der Waals surface area contributed by atoms with Crippen molar-refractivity contribution in [2.24, 2.45) is 11.8 Å². The van der Waals surface area contributed by atoms with Gasteiger partial charge in [-0.3, -0.25) is 14.4 Å². The van der Waals surface area contributed by atoms with Crippen LogP contribution in [0.3, 0.4) is 0 Å². The Morgan fingerprint density at radius 3 is 2.56 bits per heavy atom. The first-order valence-electron chi connectivity index (χ1n) is 12.6. The van der Waals surface area contributed by atoms with Crippen LogP contribution in [0.15, 0.2) is 41.4 Å². The Morgan fingerprint density at radius 1 is 1.08 bits per heavy atom. The summed E-state index contributed by atoms with van der Waals surface area (Å²) in [6.45, 7) is 5.47. The molecule has 1 N–H and O–H groups in total. The number of hydrogen-bond donors (Lipinski definition) is 1. The molecule has 2 aliphatic rings. The van der Waals surface area contributed by atoms with E-state index in [9.17, 15) is 14.4 Å². The van der Waals surface area contributed by atoms with E-state index in [-0.39, 0.29) is 35.8 Å². The van der Waals surface area contributed by atoms with Gasteiger partial charge in [0, 0.05) is 43.2 Å². The fraction of sp³-hybridized carbons (Fsp3) is 0.333. The van der Waals surface area contributed by atoms with Gasteiger partial charge in [-0.2, -0.15) is 5.10 Å². The number of carbonyl (C=O) groups is 3. The molecule has 1 saturated heterocycles. The van der Waals surface area contributed by atoms with Crippen LogP contribution in [-0.2, 0) is 16.1 Å². The molecule has 1 aliphatic heterocycles. The molecule has 5 heterocycles. The molecular weight excluding hydrogens is 564 g/mol. The second-order valence-electron chi connectivity index (χ2n) is 10.1. The Bertz CT molecular complexity index is 1650. The number of nitrogens with zero attached hydrogens (tertiary/aromatic N) is 7. The second kappa shape index (κ2) is 9.60. The van der Waals surface area contributed by atoms with E-state index in [1.54, 1.807) is 30.4 Å². The van der Waals surface area contributed by atoms with Crippen LogP contribution in [0.2, 0.25) is 0 Å². The van der Waals surface area contributed by atoms with E-state index < -0.39 is 6.04 Å². The Morgan fingerprint density at radius 2 is 1.82 bits per heavy atom. The third-order valence-electron chi connectivity index (χ3n) is 7.36. The van der Waals surface area contributed by atoms with Crippen LogP contribution in [0.25, 0.3) is 22.2 Å². The SMILES string of the molecule is CC(=O)c1nn(CC(=O)N2C[C@H]3C[C@H]3[C@H]2C(=O)Nc2nc(Br)ccc2C)c2ncc(-c3cnc(C)nc3)cc12. The van der Waals surface area contributed by atoms with Crippen molar-refractivity contribution in [3.63, 3.8) is 0 Å². The number of Topliss-reactive ketones (excluding diaryl/α,β-unsaturated/α-hetero) is 1. The van der Waals surface area contributed by atoms with Crippen molar-refractivity contribution >= 4 is 50.4 Å². The molecule has 12 heteroatoms. The summed E-state index contributed by atoms with van der Waals surface area (Å²) in [5.74, 6) is 0.814. The lowest BCUT2D eigenvalue weighted by Crippen LogP contribution is -2.47. The predicted octanol–water partition coefficient (Wildman–Crippen LogP) is 3.35. The molecule has 3 atom stereocenters. The number of rotatable bonds is 6. The summed E-state index contributed by atoms with van der Waals surface area (Å²) < 4.78 is 2.06. The lowest BCUT2D eigenvalue weighted by atomic mass is 10.1. The Kier molecular flexibility index (Phi) is 6.21. The number of hydrogen-bond acceptors (Lipinski definition) is 8. The van der Waals surface area contributed by atoms with Crippen LogP contribution in [0.1, 0.15) is 35.2 Å². The fourth-order valence-electron chi connectivity index (χ4n) is 5.23. The number of fused-ring (bicyclic) bond motifs is 2. The van der Waals surface area contributed by atoms with Crippen LogP contribution in [0, 0.1) is 25.7 Å². The number of aromatic nitrogens is 6. The minimum atomic E-state index is -0.585. The number of carbonyl (C=O) groups excluding carboxylic acids is 3. The zero-order valence-electron chi connectivity index (χ0n) is 21.6. The largest absolute Gasteiger partial charge is 0.328 e. The van der Waals surface area contributed by atoms with Gasteiger partial charge in [0.05, 0.1) is 5.39 Å². The molecule has 2 fully saturated rings. The Hall–Kier alpha value is -4.06. The van der Waals surface area contributed by atoms with Gasteiger partial charge in [-0.15, -0.1) is 0 Å². The highest BCUT2D eigenvalue weighted by Gasteiger charge is 2.56. The van der Waals surface area contributed by atoms with Crippen molar-refractivity contribution in [1.29, 1.82) is 0 Å². The van der Waals surface area contributed by atoms with E-state index in [1.165, 1.54) is 11.6 Å². The van der Waals surface area contributed by atoms with Gasteiger partial charge in [-0.05, 0) is 65.7 Å². The molecule has 6 rings (SSSR count). The highest BCUT2D eigenvalue weighted by molar-refractivity contribution is 9.10. The van der Waals surface area contributed by atoms with Crippen molar-refractivity contribution in [3.05, 3.63) is 58.5 Å². The van der Waals surface area contributed by atoms with Crippen LogP contribution in [-0.4, -0.2) is 64.8 Å². The third-order valence-corrected chi connectivity index (χ3v) is 7.80. The summed E-state index contributed by atoms with van der Waals surface area (Å²) in [6.07, 6.45) is 5.96. The van der Waals surface area contributed by atoms with Crippen molar-refractivity contribution in [2.45, 2.75) is 39.8 Å². The van der Waals surface area contributed by atoms with E-state index in [2.05, 4.69) is 46.3 Å². The summed E-state index contributed by atoms with van der Waals surface area (Å²) in [5.41, 5.74) is 2.98. The van der Waals surface area contributed by atoms with Crippen LogP contribution >= 0.6 is 15.9 Å². The average Bonchev–Trinajstić information content (AvgIpc) is 3.41. The van der Waals surface area contributed by atoms with Crippen LogP contribution in [0.5, 0.6) is 0 Å². The minimum absolute atomic E-state index is 0.126. The smallest absolute Gasteiger partial charge is 0.248 e. The van der Waals surface area contributed by atoms with Crippen LogP contribution < -0.4 is 5.32 Å². The lowest BCUT2D eigenvalue weighted by molar-refractivity contribution is -0.138. The maximum Gasteiger partial charge on any atom is 0.248 e. The monoisotopic (exact) mass is 588 g/mol. The molecule has 0 bridgehead atoms. The quantitative estimate of drug-likeness (QED) is 0.267. The van der Waals surface area contributed by atoms with Gasteiger partial charge in [0.1, 0.15) is 34.5 Å². The molecule has 0 unspecified atom stereocenters. The number of likely N-dealkylation sites (tertiary alicyclic amines) is 1. The van der Waals surface area contributed by atoms with Gasteiger partial charge in [-0.1, -0.05) is 6.07 Å². The number of anilines is 1. The predicted molar refractivity (Wildman–Crippen MR) is 146 cm³/mol. The molecular formula is C27H25BrN8O3. The van der Waals surface area contributed by atoms with Crippen molar-refractivity contribution < 1.29 is 14.4 Å². The molecule has 39 heavy (non-hydrogen) atoms. The third kappa shape index (κ3) is 4.69. The van der Waals surface area contributed by atoms with E-state index in [0.29, 0.717) is 39.7 Å². The van der Waals surface area contributed by atoms with E-state index in [0.717, 1.165) is 23.1 Å². The van der Waals surface area contributed by atoms with Crippen molar-refractivity contribution in [1.82, 2.24) is 34.6 Å². The number of halogens is 1. The first-order chi connectivity index (χ1) is 18.7. The molecule has 4 aromatic heterocycles. The Labute approximate surface area is 232 Å². The molecule has 0 radical (unpaired) electrons. The number of pyridine rings is 2. The highest BCUT2D eigenvalue weighted by atomic mass is 79.9. The number of ketones is 1. The lowest BCUT2D eigenvalue weighted by Gasteiger charge is -2.27. The molecule has 1 aliphatic carbocycles. The molecule has 0 aromatic carbocycles. The summed E-state index contributed by atoms with van der Waals surface area (Å²) in [7, 11) is 0. The topological polar surface area (TPSA) is 136 Å². The number of piperidine rings is 1. The van der Waals surface area contributed by atoms with Gasteiger partial charge < -0.3 is 10.2 Å². The number of aryl methyl sites for hydroxylation is 2. The molecule has 198 valence electrons. The first-order valence-corrected chi connectivity index (χ1v) is 13.4. The summed E-state index contributed by atoms with van der Waals surface area (Å²) >= 11 is 3.34. The van der Waals surface area contributed by atoms with Gasteiger partial charge in [-0.25, -0.2) is 24.6 Å². The standard InChI is InChI=1S/C27H25BrN8O3/c1-13-4-5-21(28)32-25(13)33-27(39)24-19-7-17(19)11-35(24)22(38)12-36-26-20(23(34-36)14(2)37)6-16(8-31-26)18-9-29-15(3)30-10-18/h4-6,8-10,17,19,24H,7,11-12H2,1-3H3,(H,32,33,39)/t17-,19-,24+/m1/s1. The fourth-order valence-corrected chi connectivity index (χ4v) is 5.54. The molecule has 0 spiro atoms. The van der Waals surface area contributed by atoms with Gasteiger partial charge in [0.25, 0.3) is 0 Å². The van der Waals surface area contributed by atoms with Crippen molar-refractivity contribution in [2.75, 3.05) is 11.9 Å². The highest BCUT2D eigenvalue weighted by Crippen LogP contribution is 2.50. The molecule has 1 saturated carbocycles. The normalized spacial score (nSPS) is 19.7. The van der Waals surface area contributed by atoms with Gasteiger partial charge in [0.15, 0.2) is 11.4 Å². The second-order valence-corrected chi connectivity index (χ2v) is 10.9. The van der Waals surface area contributed by atoms with Crippen LogP contribution in [0.4, 0.5) is 5.82 Å². The molecule has 2 amide bonds. The average molecular weight is 589 g/mol. The summed E-state index contributed by atoms with van der Waals surface area (Å²) in [6, 6.07) is 4.90. The molecule has 4 aromatic rings. The summed E-state index contributed by atoms with van der Waals surface area (Å²) in [4.78, 5) is 58.3. The first kappa shape index (κ1) is 25.2. The Balaban J connectivity index is 1.27. The minimum Gasteiger partial charge on any atom is -0.328 e. The van der Waals surface area contributed by atoms with E-state index in [4.69, 9.17) is 0 Å². The van der Waals surface area contributed by atoms with Crippen molar-refractivity contribution in [3.8, 4) is 11.1 Å². The van der Waals surface area contributed by atoms with E-state index in [1.807, 2.05) is 25.1 Å². The van der Waals surface area contributed by atoms with Gasteiger partial charge in [0.2, 0.25) is 11.8 Å². The number of amides is 2. The van der Waals surface area contributed by atoms with E-state index >= 15 is 0 Å². The number of nitrogens with one attached hydrogen (secondary N) is 1. The maximum absolute atomic E-state index is 13.5. The summed E-state index contributed by atoms with van der Waals surface area (Å²) in [5, 5.41) is 7.90. The molecule has 11 nitrogen and oxygen atoms in total. The van der Waals surface area contributed by atoms with Gasteiger partial charge >= 0.3 is 0 Å². The maximum atomic E-state index is 13.5.